The van der Waals surface area contributed by atoms with Gasteiger partial charge in [0, 0.05) is 6.54 Å². The molecule has 0 heterocycles. The molecule has 1 N–H and O–H groups in total. The fraction of sp³-hybridized carbons (Fsp3) is 0.875. The van der Waals surface area contributed by atoms with Gasteiger partial charge in [0.15, 0.2) is 0 Å². The van der Waals surface area contributed by atoms with Gasteiger partial charge in [0.2, 0.25) is 0 Å². The van der Waals surface area contributed by atoms with Crippen LogP contribution in [0.2, 0.25) is 0 Å². The van der Waals surface area contributed by atoms with Gasteiger partial charge in [-0.05, 0) is 19.8 Å². The molecule has 0 aromatic heterocycles. The largest absolute Gasteiger partial charge is 0.447 e. The fourth-order valence-corrected chi connectivity index (χ4v) is 0.543. The number of hydrogen-bond acceptors (Lipinski definition) is 2. The summed E-state index contributed by atoms with van der Waals surface area (Å²) in [6, 6.07) is 0. The molecule has 0 bridgehead atoms. The summed E-state index contributed by atoms with van der Waals surface area (Å²) in [7, 11) is 0. The first-order valence-corrected chi connectivity index (χ1v) is 3.97. The van der Waals surface area contributed by atoms with Crippen molar-refractivity contribution in [2.45, 2.75) is 33.8 Å². The van der Waals surface area contributed by atoms with E-state index < -0.39 is 0 Å². The number of carbonyl (C=O) groups excluding carboxylic acids is 1. The van der Waals surface area contributed by atoms with Gasteiger partial charge in [0.05, 0.1) is 6.10 Å². The van der Waals surface area contributed by atoms with Crippen molar-refractivity contribution >= 4 is 6.09 Å². The zero-order chi connectivity index (χ0) is 8.85. The molecule has 0 aromatic rings. The Morgan fingerprint density at radius 2 is 1.91 bits per heavy atom. The van der Waals surface area contributed by atoms with Crippen LogP contribution in [0.25, 0.3) is 0 Å². The molecule has 0 unspecified atom stereocenters. The van der Waals surface area contributed by atoms with Crippen LogP contribution < -0.4 is 5.32 Å². The van der Waals surface area contributed by atoms with Gasteiger partial charge >= 0.3 is 6.09 Å². The lowest BCUT2D eigenvalue weighted by Crippen LogP contribution is -2.29. The smallest absolute Gasteiger partial charge is 0.407 e. The molecule has 0 saturated carbocycles. The van der Waals surface area contributed by atoms with Gasteiger partial charge in [0.25, 0.3) is 0 Å². The summed E-state index contributed by atoms with van der Waals surface area (Å²) in [5.41, 5.74) is 0. The molecular weight excluding hydrogens is 142 g/mol. The van der Waals surface area contributed by atoms with Crippen molar-refractivity contribution in [3.05, 3.63) is 0 Å². The quantitative estimate of drug-likeness (QED) is 0.681. The summed E-state index contributed by atoms with van der Waals surface area (Å²) in [5.74, 6) is 0.467. The Labute approximate surface area is 68.1 Å². The average molecular weight is 159 g/mol. The molecule has 0 fully saturated rings. The number of alkyl carbamates (subject to hydrolysis) is 1. The second kappa shape index (κ2) is 4.99. The number of carbonyl (C=O) groups is 1. The van der Waals surface area contributed by atoms with Crippen molar-refractivity contribution in [1.29, 1.82) is 0 Å². The Morgan fingerprint density at radius 1 is 1.36 bits per heavy atom. The zero-order valence-electron chi connectivity index (χ0n) is 7.68. The van der Waals surface area contributed by atoms with E-state index in [1.165, 1.54) is 0 Å². The van der Waals surface area contributed by atoms with Crippen LogP contribution in [0, 0.1) is 5.92 Å². The molecule has 0 rings (SSSR count). The normalized spacial score (nSPS) is 10.4. The molecule has 0 aliphatic carbocycles. The molecule has 3 heteroatoms. The first-order chi connectivity index (χ1) is 5.02. The minimum atomic E-state index is -0.325. The lowest BCUT2D eigenvalue weighted by atomic mass is 10.2. The van der Waals surface area contributed by atoms with Crippen LogP contribution in [-0.2, 0) is 4.74 Å². The van der Waals surface area contributed by atoms with E-state index in [9.17, 15) is 4.79 Å². The van der Waals surface area contributed by atoms with Crippen molar-refractivity contribution in [2.75, 3.05) is 6.54 Å². The Morgan fingerprint density at radius 3 is 2.27 bits per heavy atom. The molecule has 0 aliphatic heterocycles. The van der Waals surface area contributed by atoms with E-state index in [2.05, 4.69) is 5.32 Å². The van der Waals surface area contributed by atoms with Crippen LogP contribution in [0.4, 0.5) is 4.79 Å². The van der Waals surface area contributed by atoms with Crippen LogP contribution >= 0.6 is 0 Å². The molecule has 0 saturated heterocycles. The Balaban J connectivity index is 3.38. The van der Waals surface area contributed by atoms with Gasteiger partial charge in [-0.15, -0.1) is 0 Å². The lowest BCUT2D eigenvalue weighted by molar-refractivity contribution is 0.114. The maximum absolute atomic E-state index is 10.8. The van der Waals surface area contributed by atoms with E-state index in [4.69, 9.17) is 4.74 Å². The van der Waals surface area contributed by atoms with Crippen molar-refractivity contribution in [3.8, 4) is 0 Å². The second-order valence-corrected chi connectivity index (χ2v) is 3.23. The molecule has 11 heavy (non-hydrogen) atoms. The van der Waals surface area contributed by atoms with Gasteiger partial charge in [-0.25, -0.2) is 4.79 Å². The van der Waals surface area contributed by atoms with Gasteiger partial charge in [0.1, 0.15) is 0 Å². The molecule has 0 spiro atoms. The molecule has 0 aromatic carbocycles. The minimum absolute atomic E-state index is 0.0397. The van der Waals surface area contributed by atoms with Crippen LogP contribution in [0.1, 0.15) is 27.7 Å². The summed E-state index contributed by atoms with van der Waals surface area (Å²) in [6.45, 7) is 8.40. The molecule has 1 amide bonds. The topological polar surface area (TPSA) is 38.3 Å². The SMILES string of the molecule is CC(C)CNC(=O)OC(C)C. The third-order valence-corrected chi connectivity index (χ3v) is 0.997. The predicted octanol–water partition coefficient (Wildman–Crippen LogP) is 1.78. The minimum Gasteiger partial charge on any atom is -0.447 e. The molecule has 3 nitrogen and oxygen atoms in total. The first-order valence-electron chi connectivity index (χ1n) is 3.97. The predicted molar refractivity (Wildman–Crippen MR) is 44.5 cm³/mol. The summed E-state index contributed by atoms with van der Waals surface area (Å²) < 4.78 is 4.85. The lowest BCUT2D eigenvalue weighted by Gasteiger charge is -2.10. The van der Waals surface area contributed by atoms with Crippen LogP contribution in [0.3, 0.4) is 0 Å². The maximum atomic E-state index is 10.8. The molecule has 0 atom stereocenters. The highest BCUT2D eigenvalue weighted by Gasteiger charge is 2.03. The molecule has 0 radical (unpaired) electrons. The van der Waals surface area contributed by atoms with Gasteiger partial charge in [-0.2, -0.15) is 0 Å². The highest BCUT2D eigenvalue weighted by atomic mass is 16.6. The Hall–Kier alpha value is -0.730. The number of amides is 1. The first kappa shape index (κ1) is 10.3. The zero-order valence-corrected chi connectivity index (χ0v) is 7.68. The van der Waals surface area contributed by atoms with Gasteiger partial charge < -0.3 is 10.1 Å². The van der Waals surface area contributed by atoms with Crippen molar-refractivity contribution in [3.63, 3.8) is 0 Å². The van der Waals surface area contributed by atoms with Crippen molar-refractivity contribution in [1.82, 2.24) is 5.32 Å². The number of nitrogens with one attached hydrogen (secondary N) is 1. The van der Waals surface area contributed by atoms with Crippen LogP contribution in [0.5, 0.6) is 0 Å². The number of ether oxygens (including phenoxy) is 1. The summed E-state index contributed by atoms with van der Waals surface area (Å²) in [5, 5.41) is 2.65. The van der Waals surface area contributed by atoms with E-state index >= 15 is 0 Å². The monoisotopic (exact) mass is 159 g/mol. The van der Waals surface area contributed by atoms with Crippen LogP contribution in [-0.4, -0.2) is 18.7 Å². The highest BCUT2D eigenvalue weighted by Crippen LogP contribution is 1.91. The van der Waals surface area contributed by atoms with E-state index in [0.29, 0.717) is 12.5 Å². The maximum Gasteiger partial charge on any atom is 0.407 e. The third kappa shape index (κ3) is 7.16. The van der Waals surface area contributed by atoms with Crippen molar-refractivity contribution < 1.29 is 9.53 Å². The molecule has 0 aliphatic rings. The third-order valence-electron chi connectivity index (χ3n) is 0.997. The summed E-state index contributed by atoms with van der Waals surface area (Å²) in [4.78, 5) is 10.8. The second-order valence-electron chi connectivity index (χ2n) is 3.23. The summed E-state index contributed by atoms with van der Waals surface area (Å²) in [6.07, 6.45) is -0.365. The fourth-order valence-electron chi connectivity index (χ4n) is 0.543. The number of hydrogen-bond donors (Lipinski definition) is 1. The average Bonchev–Trinajstić information content (AvgIpc) is 1.82. The van der Waals surface area contributed by atoms with Crippen LogP contribution in [0.15, 0.2) is 0 Å². The number of rotatable bonds is 3. The van der Waals surface area contributed by atoms with Gasteiger partial charge in [-0.3, -0.25) is 0 Å². The molecule has 66 valence electrons. The van der Waals surface area contributed by atoms with E-state index in [1.807, 2.05) is 27.7 Å². The van der Waals surface area contributed by atoms with E-state index in [-0.39, 0.29) is 12.2 Å². The molecular formula is C8H17NO2. The highest BCUT2D eigenvalue weighted by molar-refractivity contribution is 5.67. The standard InChI is InChI=1S/C8H17NO2/c1-6(2)5-9-8(10)11-7(3)4/h6-7H,5H2,1-4H3,(H,9,10). The van der Waals surface area contributed by atoms with Crippen molar-refractivity contribution in [2.24, 2.45) is 5.92 Å². The Kier molecular flexibility index (Phi) is 4.66. The van der Waals surface area contributed by atoms with E-state index in [1.54, 1.807) is 0 Å². The Bertz CT molecular complexity index is 121. The summed E-state index contributed by atoms with van der Waals surface area (Å²) >= 11 is 0. The van der Waals surface area contributed by atoms with E-state index in [0.717, 1.165) is 0 Å². The van der Waals surface area contributed by atoms with Gasteiger partial charge in [-0.1, -0.05) is 13.8 Å².